The molecular weight excluding hydrogens is 1200 g/mol. The smallest absolute Gasteiger partial charge is 0.462 e. The minimum absolute atomic E-state index is 0. The van der Waals surface area contributed by atoms with Gasteiger partial charge in [0, 0.05) is 25.7 Å². The van der Waals surface area contributed by atoms with Gasteiger partial charge >= 0.3 is 39.5 Å². The molecule has 3 N–H and O–H groups in total. The number of phosphoric ester groups is 2. The standard InChI is InChI=1S/C71H138O17P2.CH4/c1-5-9-13-17-21-24-27-30-33-36-38-41-44-48-51-55-68(73)81-61-66(87-70(75)57-53-47-20-16-12-8-4)63-85-89(77,78)83-59-65(72)60-84-90(79,80)86-64-67(88-71(76)58-54-50-46-43-40-35-32-29-26-23-19-15-11-7-3)62-82-69(74)56-52-49-45-42-39-37-34-31-28-25-22-18-14-10-6-2;/h65-67,72H,5-64H2,1-4H3,(H,77,78)(H,79,80);1H4/t65-,66+,67+;/m0./s1. The van der Waals surface area contributed by atoms with Crippen LogP contribution in [0.2, 0.25) is 0 Å². The van der Waals surface area contributed by atoms with Crippen molar-refractivity contribution in [3.05, 3.63) is 0 Å². The van der Waals surface area contributed by atoms with Crippen LogP contribution in [0.5, 0.6) is 0 Å². The Hall–Kier alpha value is -1.94. The molecule has 0 rings (SSSR count). The Bertz CT molecular complexity index is 1720. The van der Waals surface area contributed by atoms with Crippen molar-refractivity contribution in [3.63, 3.8) is 0 Å². The van der Waals surface area contributed by atoms with Crippen molar-refractivity contribution in [1.29, 1.82) is 0 Å². The summed E-state index contributed by atoms with van der Waals surface area (Å²) in [6, 6.07) is 0. The highest BCUT2D eigenvalue weighted by Crippen LogP contribution is 2.45. The summed E-state index contributed by atoms with van der Waals surface area (Å²) in [5.41, 5.74) is 0. The van der Waals surface area contributed by atoms with Gasteiger partial charge in [-0.1, -0.05) is 330 Å². The number of phosphoric acid groups is 2. The summed E-state index contributed by atoms with van der Waals surface area (Å²) in [6.07, 6.45) is 54.3. The van der Waals surface area contributed by atoms with Gasteiger partial charge in [0.15, 0.2) is 12.2 Å². The molecule has 542 valence electrons. The molecule has 19 heteroatoms. The van der Waals surface area contributed by atoms with Gasteiger partial charge in [-0.15, -0.1) is 0 Å². The van der Waals surface area contributed by atoms with Crippen molar-refractivity contribution in [3.8, 4) is 0 Å². The Morgan fingerprint density at radius 1 is 0.275 bits per heavy atom. The third-order valence-corrected chi connectivity index (χ3v) is 18.5. The molecule has 0 fully saturated rings. The van der Waals surface area contributed by atoms with Gasteiger partial charge in [-0.25, -0.2) is 9.13 Å². The van der Waals surface area contributed by atoms with E-state index in [1.807, 2.05) is 0 Å². The summed E-state index contributed by atoms with van der Waals surface area (Å²) in [6.45, 7) is 4.90. The van der Waals surface area contributed by atoms with E-state index < -0.39 is 97.5 Å². The second-order valence-electron chi connectivity index (χ2n) is 25.6. The van der Waals surface area contributed by atoms with Gasteiger partial charge in [-0.05, 0) is 25.7 Å². The van der Waals surface area contributed by atoms with Crippen LogP contribution in [0.25, 0.3) is 0 Å². The molecule has 0 aliphatic heterocycles. The normalized spacial score (nSPS) is 13.8. The number of aliphatic hydroxyl groups excluding tert-OH is 1. The number of hydrogen-bond donors (Lipinski definition) is 3. The number of carbonyl (C=O) groups is 4. The van der Waals surface area contributed by atoms with E-state index in [1.54, 1.807) is 0 Å². The van der Waals surface area contributed by atoms with Gasteiger partial charge in [0.2, 0.25) is 0 Å². The Labute approximate surface area is 557 Å². The number of unbranched alkanes of at least 4 members (excludes halogenated alkanes) is 46. The Morgan fingerprint density at radius 2 is 0.451 bits per heavy atom. The fourth-order valence-corrected chi connectivity index (χ4v) is 12.4. The van der Waals surface area contributed by atoms with Crippen molar-refractivity contribution >= 4 is 39.5 Å². The van der Waals surface area contributed by atoms with E-state index >= 15 is 0 Å². The molecule has 0 bridgehead atoms. The molecule has 0 aromatic carbocycles. The fraction of sp³-hybridized carbons (Fsp3) is 0.944. The van der Waals surface area contributed by atoms with E-state index in [0.29, 0.717) is 25.7 Å². The van der Waals surface area contributed by atoms with Crippen LogP contribution in [0.3, 0.4) is 0 Å². The van der Waals surface area contributed by atoms with Crippen LogP contribution in [-0.4, -0.2) is 96.7 Å². The highest BCUT2D eigenvalue weighted by atomic mass is 31.2. The lowest BCUT2D eigenvalue weighted by molar-refractivity contribution is -0.161. The average molecular weight is 1340 g/mol. The number of esters is 4. The lowest BCUT2D eigenvalue weighted by Gasteiger charge is -2.21. The second kappa shape index (κ2) is 68.0. The second-order valence-corrected chi connectivity index (χ2v) is 28.5. The summed E-state index contributed by atoms with van der Waals surface area (Å²) < 4.78 is 68.2. The zero-order valence-electron chi connectivity index (χ0n) is 58.1. The number of hydrogen-bond acceptors (Lipinski definition) is 15. The minimum Gasteiger partial charge on any atom is -0.462 e. The number of rotatable bonds is 72. The molecule has 0 heterocycles. The summed E-state index contributed by atoms with van der Waals surface area (Å²) >= 11 is 0. The molecule has 0 aromatic heterocycles. The predicted octanol–water partition coefficient (Wildman–Crippen LogP) is 21.3. The Morgan fingerprint density at radius 3 is 0.659 bits per heavy atom. The summed E-state index contributed by atoms with van der Waals surface area (Å²) in [4.78, 5) is 72.4. The van der Waals surface area contributed by atoms with Crippen molar-refractivity contribution in [2.24, 2.45) is 0 Å². The maximum Gasteiger partial charge on any atom is 0.472 e. The minimum atomic E-state index is -4.95. The van der Waals surface area contributed by atoms with Gasteiger partial charge in [-0.3, -0.25) is 37.3 Å². The summed E-state index contributed by atoms with van der Waals surface area (Å²) in [5.74, 6) is -2.12. The SMILES string of the molecule is C.CCCCCCCCCCCCCCCCCC(=O)OC[C@H](COP(=O)(O)OC[C@H](O)COP(=O)(O)OC[C@@H](COC(=O)CCCCCCCCCCCCCCCCC)OC(=O)CCCCCCCCCCCCCCCC)OC(=O)CCCCCCCC. The first-order valence-corrected chi connectivity index (χ1v) is 40.3. The van der Waals surface area contributed by atoms with Gasteiger partial charge in [0.05, 0.1) is 26.4 Å². The molecular formula is C72H142O17P2. The van der Waals surface area contributed by atoms with Crippen molar-refractivity contribution in [2.45, 2.75) is 400 Å². The third kappa shape index (κ3) is 67.8. The van der Waals surface area contributed by atoms with Crippen LogP contribution in [0.1, 0.15) is 382 Å². The van der Waals surface area contributed by atoms with Crippen molar-refractivity contribution in [2.75, 3.05) is 39.6 Å². The first-order valence-electron chi connectivity index (χ1n) is 37.3. The van der Waals surface area contributed by atoms with Gasteiger partial charge in [0.25, 0.3) is 0 Å². The first kappa shape index (κ1) is 91.1. The van der Waals surface area contributed by atoms with E-state index in [4.69, 9.17) is 37.0 Å². The fourth-order valence-electron chi connectivity index (χ4n) is 10.9. The van der Waals surface area contributed by atoms with Crippen LogP contribution in [0.15, 0.2) is 0 Å². The third-order valence-electron chi connectivity index (χ3n) is 16.6. The zero-order chi connectivity index (χ0) is 66.1. The molecule has 0 aromatic rings. The predicted molar refractivity (Wildman–Crippen MR) is 370 cm³/mol. The zero-order valence-corrected chi connectivity index (χ0v) is 59.9. The molecule has 0 amide bonds. The molecule has 2 unspecified atom stereocenters. The van der Waals surface area contributed by atoms with Crippen molar-refractivity contribution in [1.82, 2.24) is 0 Å². The van der Waals surface area contributed by atoms with Crippen LogP contribution in [0.4, 0.5) is 0 Å². The number of carbonyl (C=O) groups excluding carboxylic acids is 4. The van der Waals surface area contributed by atoms with E-state index in [0.717, 1.165) is 96.3 Å². The first-order chi connectivity index (χ1) is 43.7. The van der Waals surface area contributed by atoms with E-state index in [-0.39, 0.29) is 33.1 Å². The summed E-state index contributed by atoms with van der Waals surface area (Å²) in [7, 11) is -9.89. The molecule has 17 nitrogen and oxygen atoms in total. The molecule has 0 radical (unpaired) electrons. The van der Waals surface area contributed by atoms with E-state index in [2.05, 4.69) is 27.7 Å². The topological polar surface area (TPSA) is 237 Å². The van der Waals surface area contributed by atoms with Gasteiger partial charge in [0.1, 0.15) is 19.3 Å². The maximum atomic E-state index is 13.0. The Balaban J connectivity index is 0. The highest BCUT2D eigenvalue weighted by Gasteiger charge is 2.30. The lowest BCUT2D eigenvalue weighted by Crippen LogP contribution is -2.30. The van der Waals surface area contributed by atoms with Crippen LogP contribution in [0, 0.1) is 0 Å². The van der Waals surface area contributed by atoms with Gasteiger partial charge < -0.3 is 33.8 Å². The van der Waals surface area contributed by atoms with Gasteiger partial charge in [-0.2, -0.15) is 0 Å². The molecule has 0 saturated carbocycles. The van der Waals surface area contributed by atoms with Crippen LogP contribution >= 0.6 is 15.6 Å². The van der Waals surface area contributed by atoms with Crippen LogP contribution in [-0.2, 0) is 65.4 Å². The molecule has 0 saturated heterocycles. The monoisotopic (exact) mass is 1340 g/mol. The van der Waals surface area contributed by atoms with E-state index in [9.17, 15) is 43.2 Å². The van der Waals surface area contributed by atoms with Crippen molar-refractivity contribution < 1.29 is 80.2 Å². The Kier molecular flexibility index (Phi) is 68.1. The average Bonchev–Trinajstić information content (AvgIpc) is 2.16. The largest absolute Gasteiger partial charge is 0.472 e. The lowest BCUT2D eigenvalue weighted by atomic mass is 10.0. The molecule has 0 aliphatic carbocycles. The summed E-state index contributed by atoms with van der Waals surface area (Å²) in [5, 5.41) is 10.6. The number of ether oxygens (including phenoxy) is 4. The van der Waals surface area contributed by atoms with E-state index in [1.165, 1.54) is 199 Å². The molecule has 0 spiro atoms. The highest BCUT2D eigenvalue weighted by molar-refractivity contribution is 7.47. The maximum absolute atomic E-state index is 13.0. The molecule has 91 heavy (non-hydrogen) atoms. The molecule has 0 aliphatic rings. The number of aliphatic hydroxyl groups is 1. The quantitative estimate of drug-likeness (QED) is 0.0222. The van der Waals surface area contributed by atoms with Crippen LogP contribution < -0.4 is 0 Å². The molecule has 5 atom stereocenters.